The van der Waals surface area contributed by atoms with Crippen molar-refractivity contribution in [2.45, 2.75) is 40.8 Å². The lowest BCUT2D eigenvalue weighted by molar-refractivity contribution is 0.102. The molecule has 0 atom stereocenters. The quantitative estimate of drug-likeness (QED) is 0.356. The fraction of sp³-hybridized carbons (Fsp3) is 0.296. The standard InChI is InChI=1S/C27H31N5O3/c1-5-34-25-12-9-22(14-26(25)35-6-2)16-31-18-24(15-28-31)29-27(33)23-10-7-21(8-11-23)17-32-20(4)13-19(3)30-32/h7-15,18H,5-6,16-17H2,1-4H3,(H,29,33). The highest BCUT2D eigenvalue weighted by Gasteiger charge is 2.10. The maximum atomic E-state index is 12.7. The molecule has 4 aromatic rings. The Morgan fingerprint density at radius 1 is 0.914 bits per heavy atom. The smallest absolute Gasteiger partial charge is 0.255 e. The van der Waals surface area contributed by atoms with E-state index in [-0.39, 0.29) is 5.91 Å². The highest BCUT2D eigenvalue weighted by atomic mass is 16.5. The number of anilines is 1. The molecule has 0 aliphatic rings. The number of hydrogen-bond donors (Lipinski definition) is 1. The van der Waals surface area contributed by atoms with Crippen LogP contribution in [-0.2, 0) is 13.1 Å². The first-order valence-corrected chi connectivity index (χ1v) is 11.8. The molecular formula is C27H31N5O3. The molecule has 0 saturated heterocycles. The molecule has 0 unspecified atom stereocenters. The molecule has 8 nitrogen and oxygen atoms in total. The predicted octanol–water partition coefficient (Wildman–Crippen LogP) is 4.84. The van der Waals surface area contributed by atoms with E-state index in [1.807, 2.05) is 81.0 Å². The third-order valence-corrected chi connectivity index (χ3v) is 5.50. The summed E-state index contributed by atoms with van der Waals surface area (Å²) in [6.07, 6.45) is 3.46. The van der Waals surface area contributed by atoms with Gasteiger partial charge in [-0.05, 0) is 69.2 Å². The summed E-state index contributed by atoms with van der Waals surface area (Å²) in [7, 11) is 0. The van der Waals surface area contributed by atoms with Crippen LogP contribution < -0.4 is 14.8 Å². The van der Waals surface area contributed by atoms with Gasteiger partial charge in [-0.2, -0.15) is 10.2 Å². The topological polar surface area (TPSA) is 83.2 Å². The molecule has 0 bridgehead atoms. The minimum Gasteiger partial charge on any atom is -0.490 e. The molecule has 8 heteroatoms. The van der Waals surface area contributed by atoms with Crippen molar-refractivity contribution < 1.29 is 14.3 Å². The molecule has 0 saturated carbocycles. The number of rotatable bonds is 10. The Labute approximate surface area is 205 Å². The van der Waals surface area contributed by atoms with Crippen LogP contribution in [0.15, 0.2) is 60.9 Å². The van der Waals surface area contributed by atoms with Crippen LogP contribution in [0.2, 0.25) is 0 Å². The molecule has 1 amide bonds. The number of aromatic nitrogens is 4. The Bertz CT molecular complexity index is 1290. The second-order valence-electron chi connectivity index (χ2n) is 8.31. The maximum absolute atomic E-state index is 12.7. The second-order valence-corrected chi connectivity index (χ2v) is 8.31. The van der Waals surface area contributed by atoms with Gasteiger partial charge in [0.15, 0.2) is 11.5 Å². The first kappa shape index (κ1) is 24.1. The zero-order valence-corrected chi connectivity index (χ0v) is 20.6. The molecule has 0 aliphatic heterocycles. The van der Waals surface area contributed by atoms with Gasteiger partial charge in [0.1, 0.15) is 0 Å². The van der Waals surface area contributed by atoms with Crippen LogP contribution in [-0.4, -0.2) is 38.7 Å². The third-order valence-electron chi connectivity index (χ3n) is 5.50. The van der Waals surface area contributed by atoms with Gasteiger partial charge in [0.25, 0.3) is 5.91 Å². The number of nitrogens with zero attached hydrogens (tertiary/aromatic N) is 4. The average Bonchev–Trinajstić information content (AvgIpc) is 3.40. The lowest BCUT2D eigenvalue weighted by Crippen LogP contribution is -2.12. The minimum absolute atomic E-state index is 0.179. The molecular weight excluding hydrogens is 442 g/mol. The van der Waals surface area contributed by atoms with Crippen LogP contribution >= 0.6 is 0 Å². The van der Waals surface area contributed by atoms with Gasteiger partial charge < -0.3 is 14.8 Å². The fourth-order valence-corrected chi connectivity index (χ4v) is 3.87. The number of nitrogens with one attached hydrogen (secondary N) is 1. The van der Waals surface area contributed by atoms with E-state index in [9.17, 15) is 4.79 Å². The van der Waals surface area contributed by atoms with Crippen molar-refractivity contribution in [3.8, 4) is 11.5 Å². The van der Waals surface area contributed by atoms with E-state index < -0.39 is 0 Å². The summed E-state index contributed by atoms with van der Waals surface area (Å²) in [4.78, 5) is 12.7. The molecule has 2 aromatic heterocycles. The minimum atomic E-state index is -0.179. The number of hydrogen-bond acceptors (Lipinski definition) is 5. The van der Waals surface area contributed by atoms with E-state index in [1.165, 1.54) is 0 Å². The first-order valence-electron chi connectivity index (χ1n) is 11.8. The molecule has 35 heavy (non-hydrogen) atoms. The third kappa shape index (κ3) is 6.09. The highest BCUT2D eigenvalue weighted by Crippen LogP contribution is 2.29. The van der Waals surface area contributed by atoms with E-state index in [4.69, 9.17) is 9.47 Å². The van der Waals surface area contributed by atoms with Gasteiger partial charge in [0.2, 0.25) is 0 Å². The van der Waals surface area contributed by atoms with Gasteiger partial charge in [-0.25, -0.2) is 0 Å². The van der Waals surface area contributed by atoms with Crippen molar-refractivity contribution in [3.05, 3.63) is 89.0 Å². The number of carbonyl (C=O) groups is 1. The van der Waals surface area contributed by atoms with Crippen LogP contribution in [0.25, 0.3) is 0 Å². The molecule has 1 N–H and O–H groups in total. The Balaban J connectivity index is 1.37. The first-order chi connectivity index (χ1) is 16.9. The van der Waals surface area contributed by atoms with Gasteiger partial charge in [-0.3, -0.25) is 14.2 Å². The number of aryl methyl sites for hydroxylation is 2. The van der Waals surface area contributed by atoms with Crippen LogP contribution in [0.5, 0.6) is 11.5 Å². The molecule has 0 fully saturated rings. The average molecular weight is 474 g/mol. The predicted molar refractivity (Wildman–Crippen MR) is 135 cm³/mol. The number of amides is 1. The summed E-state index contributed by atoms with van der Waals surface area (Å²) in [6, 6.07) is 15.5. The molecule has 0 radical (unpaired) electrons. The number of carbonyl (C=O) groups excluding carboxylic acids is 1. The van der Waals surface area contributed by atoms with Crippen molar-refractivity contribution in [1.29, 1.82) is 0 Å². The Kier molecular flexibility index (Phi) is 7.50. The summed E-state index contributed by atoms with van der Waals surface area (Å²) in [5.74, 6) is 1.27. The van der Waals surface area contributed by atoms with Crippen molar-refractivity contribution in [2.75, 3.05) is 18.5 Å². The Morgan fingerprint density at radius 3 is 2.31 bits per heavy atom. The van der Waals surface area contributed by atoms with Crippen molar-refractivity contribution in [2.24, 2.45) is 0 Å². The van der Waals surface area contributed by atoms with Gasteiger partial charge >= 0.3 is 0 Å². The zero-order chi connectivity index (χ0) is 24.8. The molecule has 182 valence electrons. The van der Waals surface area contributed by atoms with Gasteiger partial charge in [-0.1, -0.05) is 18.2 Å². The van der Waals surface area contributed by atoms with E-state index in [1.54, 1.807) is 10.9 Å². The van der Waals surface area contributed by atoms with Crippen LogP contribution in [0, 0.1) is 13.8 Å². The van der Waals surface area contributed by atoms with Crippen molar-refractivity contribution >= 4 is 11.6 Å². The van der Waals surface area contributed by atoms with E-state index in [0.29, 0.717) is 43.3 Å². The van der Waals surface area contributed by atoms with Crippen molar-refractivity contribution in [1.82, 2.24) is 19.6 Å². The summed E-state index contributed by atoms with van der Waals surface area (Å²) < 4.78 is 15.1. The highest BCUT2D eigenvalue weighted by molar-refractivity contribution is 6.04. The van der Waals surface area contributed by atoms with Gasteiger partial charge in [0.05, 0.1) is 43.9 Å². The van der Waals surface area contributed by atoms with E-state index in [0.717, 1.165) is 28.3 Å². The molecule has 0 spiro atoms. The van der Waals surface area contributed by atoms with E-state index in [2.05, 4.69) is 21.6 Å². The van der Waals surface area contributed by atoms with Crippen LogP contribution in [0.1, 0.15) is 46.7 Å². The Hall–Kier alpha value is -4.07. The normalized spacial score (nSPS) is 10.9. The van der Waals surface area contributed by atoms with Crippen LogP contribution in [0.3, 0.4) is 0 Å². The zero-order valence-electron chi connectivity index (χ0n) is 20.6. The number of benzene rings is 2. The lowest BCUT2D eigenvalue weighted by atomic mass is 10.1. The van der Waals surface area contributed by atoms with Gasteiger partial charge in [0, 0.05) is 17.5 Å². The van der Waals surface area contributed by atoms with Gasteiger partial charge in [-0.15, -0.1) is 0 Å². The lowest BCUT2D eigenvalue weighted by Gasteiger charge is -2.12. The summed E-state index contributed by atoms with van der Waals surface area (Å²) >= 11 is 0. The maximum Gasteiger partial charge on any atom is 0.255 e. The monoisotopic (exact) mass is 473 g/mol. The summed E-state index contributed by atoms with van der Waals surface area (Å²) in [6.45, 7) is 10.3. The second kappa shape index (κ2) is 10.9. The fourth-order valence-electron chi connectivity index (χ4n) is 3.87. The largest absolute Gasteiger partial charge is 0.490 e. The van der Waals surface area contributed by atoms with E-state index >= 15 is 0 Å². The number of ether oxygens (including phenoxy) is 2. The van der Waals surface area contributed by atoms with Crippen LogP contribution in [0.4, 0.5) is 5.69 Å². The molecule has 2 heterocycles. The summed E-state index contributed by atoms with van der Waals surface area (Å²) in [5.41, 5.74) is 5.44. The molecule has 2 aromatic carbocycles. The van der Waals surface area contributed by atoms with Crippen molar-refractivity contribution in [3.63, 3.8) is 0 Å². The molecule has 0 aliphatic carbocycles. The SMILES string of the molecule is CCOc1ccc(Cn2cc(NC(=O)c3ccc(Cn4nc(C)cc4C)cc3)cn2)cc1OCC. The summed E-state index contributed by atoms with van der Waals surface area (Å²) in [5, 5.41) is 11.8. The molecule has 4 rings (SSSR count). The Morgan fingerprint density at radius 2 is 1.63 bits per heavy atom.